The second kappa shape index (κ2) is 5.76. The van der Waals surface area contributed by atoms with Gasteiger partial charge in [-0.3, -0.25) is 0 Å². The average molecular weight is 256 g/mol. The summed E-state index contributed by atoms with van der Waals surface area (Å²) >= 11 is 0. The van der Waals surface area contributed by atoms with E-state index < -0.39 is 18.6 Å². The van der Waals surface area contributed by atoms with Crippen molar-refractivity contribution in [3.05, 3.63) is 29.8 Å². The molecule has 0 saturated heterocycles. The molecule has 1 atom stereocenters. The van der Waals surface area contributed by atoms with E-state index in [0.717, 1.165) is 5.56 Å². The molecule has 0 aliphatic carbocycles. The van der Waals surface area contributed by atoms with Gasteiger partial charge in [0.25, 0.3) is 0 Å². The predicted molar refractivity (Wildman–Crippen MR) is 64.2 cm³/mol. The normalized spacial score (nSPS) is 13.2. The first-order chi connectivity index (χ1) is 8.34. The number of anilines is 1. The van der Waals surface area contributed by atoms with Crippen LogP contribution >= 0.6 is 0 Å². The van der Waals surface area contributed by atoms with Gasteiger partial charge in [0.15, 0.2) is 5.92 Å². The van der Waals surface area contributed by atoms with Gasteiger partial charge in [-0.1, -0.05) is 26.0 Å². The van der Waals surface area contributed by atoms with Gasteiger partial charge in [0.1, 0.15) is 0 Å². The molecule has 1 N–H and O–H groups in total. The molecule has 1 aromatic rings. The first-order valence-electron chi connectivity index (χ1n) is 5.64. The second-order valence-corrected chi connectivity index (χ2v) is 4.38. The highest BCUT2D eigenvalue weighted by Crippen LogP contribution is 2.26. The molecule has 0 saturated carbocycles. The first kappa shape index (κ1) is 14.4. The van der Waals surface area contributed by atoms with Crippen molar-refractivity contribution in [3.63, 3.8) is 0 Å². The van der Waals surface area contributed by atoms with E-state index in [1.165, 1.54) is 6.07 Å². The molecule has 0 amide bonds. The van der Waals surface area contributed by atoms with Gasteiger partial charge in [0, 0.05) is 12.2 Å². The monoisotopic (exact) mass is 256 g/mol. The van der Waals surface area contributed by atoms with E-state index in [0.29, 0.717) is 11.6 Å². The van der Waals surface area contributed by atoms with Gasteiger partial charge in [0.05, 0.1) is 6.07 Å². The molecule has 18 heavy (non-hydrogen) atoms. The number of alkyl halides is 3. The zero-order valence-electron chi connectivity index (χ0n) is 10.3. The molecule has 2 nitrogen and oxygen atoms in total. The molecule has 0 aromatic heterocycles. The van der Waals surface area contributed by atoms with Crippen LogP contribution in [0, 0.1) is 17.2 Å². The molecule has 0 heterocycles. The van der Waals surface area contributed by atoms with E-state index >= 15 is 0 Å². The zero-order valence-corrected chi connectivity index (χ0v) is 10.3. The fraction of sp³-hybridized carbons (Fsp3) is 0.462. The van der Waals surface area contributed by atoms with Gasteiger partial charge < -0.3 is 5.32 Å². The highest BCUT2D eigenvalue weighted by Gasteiger charge is 2.39. The standard InChI is InChI=1S/C13H15F3N2/c1-9(2)10-3-5-12(6-4-10)18-8-11(7-17)13(14,15)16/h3-6,9,11,18H,8H2,1-2H3. The SMILES string of the molecule is CC(C)c1ccc(NCC(C#N)C(F)(F)F)cc1. The Morgan fingerprint density at radius 2 is 1.78 bits per heavy atom. The number of nitriles is 1. The largest absolute Gasteiger partial charge is 0.406 e. The second-order valence-electron chi connectivity index (χ2n) is 4.38. The van der Waals surface area contributed by atoms with Crippen LogP contribution in [-0.2, 0) is 0 Å². The van der Waals surface area contributed by atoms with Crippen molar-refractivity contribution in [2.45, 2.75) is 25.9 Å². The topological polar surface area (TPSA) is 35.8 Å². The lowest BCUT2D eigenvalue weighted by atomic mass is 10.0. The summed E-state index contributed by atoms with van der Waals surface area (Å²) in [5, 5.41) is 11.1. The highest BCUT2D eigenvalue weighted by atomic mass is 19.4. The summed E-state index contributed by atoms with van der Waals surface area (Å²) in [5.41, 5.74) is 1.71. The molecule has 0 aliphatic heterocycles. The van der Waals surface area contributed by atoms with Crippen LogP contribution < -0.4 is 5.32 Å². The summed E-state index contributed by atoms with van der Waals surface area (Å²) in [5.74, 6) is -1.61. The fourth-order valence-corrected chi connectivity index (χ4v) is 1.44. The molecule has 0 bridgehead atoms. The minimum atomic E-state index is -4.49. The molecule has 1 aromatic carbocycles. The number of nitrogens with one attached hydrogen (secondary N) is 1. The van der Waals surface area contributed by atoms with Crippen LogP contribution in [0.1, 0.15) is 25.3 Å². The van der Waals surface area contributed by atoms with Crippen LogP contribution in [0.5, 0.6) is 0 Å². The van der Waals surface area contributed by atoms with Gasteiger partial charge in [-0.2, -0.15) is 18.4 Å². The van der Waals surface area contributed by atoms with Gasteiger partial charge in [-0.25, -0.2) is 0 Å². The van der Waals surface area contributed by atoms with E-state index in [1.54, 1.807) is 12.1 Å². The Balaban J connectivity index is 2.61. The molecule has 98 valence electrons. The number of rotatable bonds is 4. The summed E-state index contributed by atoms with van der Waals surface area (Å²) in [4.78, 5) is 0. The molecular formula is C13H15F3N2. The van der Waals surface area contributed by atoms with Crippen molar-refractivity contribution in [1.29, 1.82) is 5.26 Å². The Morgan fingerprint density at radius 1 is 1.22 bits per heavy atom. The van der Waals surface area contributed by atoms with Crippen molar-refractivity contribution < 1.29 is 13.2 Å². The van der Waals surface area contributed by atoms with E-state index in [9.17, 15) is 13.2 Å². The van der Waals surface area contributed by atoms with Crippen LogP contribution in [0.25, 0.3) is 0 Å². The van der Waals surface area contributed by atoms with Crippen LogP contribution in [0.4, 0.5) is 18.9 Å². The molecule has 1 rings (SSSR count). The van der Waals surface area contributed by atoms with Crippen LogP contribution in [-0.4, -0.2) is 12.7 Å². The fourth-order valence-electron chi connectivity index (χ4n) is 1.44. The predicted octanol–water partition coefficient (Wildman–Crippen LogP) is 3.92. The molecule has 0 aliphatic rings. The van der Waals surface area contributed by atoms with Crippen molar-refractivity contribution in [2.75, 3.05) is 11.9 Å². The summed E-state index contributed by atoms with van der Waals surface area (Å²) in [6, 6.07) is 8.43. The van der Waals surface area contributed by atoms with Gasteiger partial charge in [0.2, 0.25) is 0 Å². The Hall–Kier alpha value is -1.70. The third-order valence-electron chi connectivity index (χ3n) is 2.64. The van der Waals surface area contributed by atoms with Crippen LogP contribution in [0.2, 0.25) is 0 Å². The molecular weight excluding hydrogens is 241 g/mol. The number of halogens is 3. The lowest BCUT2D eigenvalue weighted by Crippen LogP contribution is -2.28. The minimum Gasteiger partial charge on any atom is -0.383 e. The lowest BCUT2D eigenvalue weighted by molar-refractivity contribution is -0.155. The molecule has 0 fully saturated rings. The Bertz CT molecular complexity index is 415. The van der Waals surface area contributed by atoms with E-state index in [1.807, 2.05) is 26.0 Å². The number of hydrogen-bond acceptors (Lipinski definition) is 2. The van der Waals surface area contributed by atoms with E-state index in [2.05, 4.69) is 5.32 Å². The van der Waals surface area contributed by atoms with Crippen molar-refractivity contribution in [1.82, 2.24) is 0 Å². The van der Waals surface area contributed by atoms with Crippen LogP contribution in [0.15, 0.2) is 24.3 Å². The van der Waals surface area contributed by atoms with Crippen LogP contribution in [0.3, 0.4) is 0 Å². The number of hydrogen-bond donors (Lipinski definition) is 1. The Morgan fingerprint density at radius 3 is 2.17 bits per heavy atom. The maximum absolute atomic E-state index is 12.3. The third-order valence-corrected chi connectivity index (χ3v) is 2.64. The molecule has 0 spiro atoms. The van der Waals surface area contributed by atoms with E-state index in [-0.39, 0.29) is 0 Å². The van der Waals surface area contributed by atoms with Gasteiger partial charge in [-0.15, -0.1) is 0 Å². The van der Waals surface area contributed by atoms with Gasteiger partial charge >= 0.3 is 6.18 Å². The highest BCUT2D eigenvalue weighted by molar-refractivity contribution is 5.45. The molecule has 0 radical (unpaired) electrons. The lowest BCUT2D eigenvalue weighted by Gasteiger charge is -2.15. The quantitative estimate of drug-likeness (QED) is 0.886. The summed E-state index contributed by atoms with van der Waals surface area (Å²) < 4.78 is 37.0. The van der Waals surface area contributed by atoms with E-state index in [4.69, 9.17) is 5.26 Å². The minimum absolute atomic E-state index is 0.376. The smallest absolute Gasteiger partial charge is 0.383 e. The number of benzene rings is 1. The molecule has 5 heteroatoms. The first-order valence-corrected chi connectivity index (χ1v) is 5.64. The Labute approximate surface area is 104 Å². The Kier molecular flexibility index (Phi) is 4.60. The molecule has 1 unspecified atom stereocenters. The number of nitrogens with zero attached hydrogens (tertiary/aromatic N) is 1. The van der Waals surface area contributed by atoms with Gasteiger partial charge in [-0.05, 0) is 23.6 Å². The maximum Gasteiger partial charge on any atom is 0.406 e. The van der Waals surface area contributed by atoms with Crippen molar-refractivity contribution in [2.24, 2.45) is 5.92 Å². The zero-order chi connectivity index (χ0) is 13.8. The third kappa shape index (κ3) is 3.95. The maximum atomic E-state index is 12.3. The van der Waals surface area contributed by atoms with Crippen molar-refractivity contribution in [3.8, 4) is 6.07 Å². The van der Waals surface area contributed by atoms with Crippen molar-refractivity contribution >= 4 is 5.69 Å². The summed E-state index contributed by atoms with van der Waals surface area (Å²) in [7, 11) is 0. The summed E-state index contributed by atoms with van der Waals surface area (Å²) in [6.45, 7) is 3.65. The average Bonchev–Trinajstić information content (AvgIpc) is 2.28. The summed E-state index contributed by atoms with van der Waals surface area (Å²) in [6.07, 6.45) is -4.49.